The summed E-state index contributed by atoms with van der Waals surface area (Å²) in [6.07, 6.45) is 2.11. The third kappa shape index (κ3) is 4.21. The van der Waals surface area contributed by atoms with Crippen molar-refractivity contribution in [1.29, 1.82) is 0 Å². The molecule has 2 nitrogen and oxygen atoms in total. The van der Waals surface area contributed by atoms with Crippen LogP contribution in [0.15, 0.2) is 12.1 Å². The Kier molecular flexibility index (Phi) is 6.03. The zero-order valence-corrected chi connectivity index (χ0v) is 12.8. The highest BCUT2D eigenvalue weighted by molar-refractivity contribution is 7.85. The predicted molar refractivity (Wildman–Crippen MR) is 80.4 cm³/mol. The highest BCUT2D eigenvalue weighted by Gasteiger charge is 2.15. The molecule has 1 aromatic carbocycles. The second-order valence-corrected chi connectivity index (χ2v) is 6.70. The molecule has 0 saturated heterocycles. The first-order valence-corrected chi connectivity index (χ1v) is 8.12. The van der Waals surface area contributed by atoms with Crippen LogP contribution in [0.4, 0.5) is 0 Å². The first-order valence-electron chi connectivity index (χ1n) is 6.64. The Hall–Kier alpha value is -0.670. The molecule has 0 saturated carbocycles. The van der Waals surface area contributed by atoms with Gasteiger partial charge in [0.05, 0.1) is 0 Å². The minimum absolute atomic E-state index is 0.108. The van der Waals surface area contributed by atoms with Gasteiger partial charge in [0.1, 0.15) is 0 Å². The summed E-state index contributed by atoms with van der Waals surface area (Å²) in [7, 11) is -0.797. The first-order chi connectivity index (χ1) is 8.45. The molecule has 102 valence electrons. The third-order valence-corrected chi connectivity index (χ3v) is 4.67. The van der Waals surface area contributed by atoms with Crippen molar-refractivity contribution >= 4 is 10.8 Å². The van der Waals surface area contributed by atoms with E-state index >= 15 is 0 Å². The molecule has 2 unspecified atom stereocenters. The maximum Gasteiger partial charge on any atom is 0.0428 e. The van der Waals surface area contributed by atoms with E-state index in [0.717, 1.165) is 18.6 Å². The highest BCUT2D eigenvalue weighted by Crippen LogP contribution is 2.22. The van der Waals surface area contributed by atoms with Crippen LogP contribution in [0.2, 0.25) is 0 Å². The lowest BCUT2D eigenvalue weighted by atomic mass is 9.95. The topological polar surface area (TPSA) is 43.1 Å². The normalized spacial score (nSPS) is 14.5. The fraction of sp³-hybridized carbons (Fsp3) is 0.600. The van der Waals surface area contributed by atoms with Crippen molar-refractivity contribution in [2.45, 2.75) is 46.6 Å². The number of hydrogen-bond donors (Lipinski definition) is 1. The first kappa shape index (κ1) is 15.4. The van der Waals surface area contributed by atoms with Gasteiger partial charge >= 0.3 is 0 Å². The van der Waals surface area contributed by atoms with Crippen molar-refractivity contribution in [2.24, 2.45) is 5.73 Å². The number of nitrogens with two attached hydrogens (primary N) is 1. The number of aryl methyl sites for hydroxylation is 3. The van der Waals surface area contributed by atoms with Crippen LogP contribution in [0.1, 0.15) is 48.1 Å². The fourth-order valence-electron chi connectivity index (χ4n) is 2.45. The predicted octanol–water partition coefficient (Wildman–Crippen LogP) is 3.16. The van der Waals surface area contributed by atoms with Crippen LogP contribution in [0, 0.1) is 20.8 Å². The Morgan fingerprint density at radius 1 is 1.22 bits per heavy atom. The Labute approximate surface area is 113 Å². The molecule has 0 aliphatic heterocycles. The molecular formula is C15H25NOS. The van der Waals surface area contributed by atoms with E-state index in [0.29, 0.717) is 5.75 Å². The smallest absolute Gasteiger partial charge is 0.0428 e. The summed E-state index contributed by atoms with van der Waals surface area (Å²) in [6, 6.07) is 4.19. The average Bonchev–Trinajstić information content (AvgIpc) is 2.24. The summed E-state index contributed by atoms with van der Waals surface area (Å²) in [4.78, 5) is 0. The Morgan fingerprint density at radius 3 is 2.28 bits per heavy atom. The Morgan fingerprint density at radius 2 is 1.78 bits per heavy atom. The molecule has 0 amide bonds. The van der Waals surface area contributed by atoms with Crippen LogP contribution in [0.3, 0.4) is 0 Å². The van der Waals surface area contributed by atoms with Crippen molar-refractivity contribution in [1.82, 2.24) is 0 Å². The molecule has 3 heteroatoms. The molecule has 0 radical (unpaired) electrons. The van der Waals surface area contributed by atoms with Crippen LogP contribution in [-0.4, -0.2) is 15.7 Å². The van der Waals surface area contributed by atoms with Gasteiger partial charge in [-0.05, 0) is 43.9 Å². The van der Waals surface area contributed by atoms with Gasteiger partial charge in [0.2, 0.25) is 0 Å². The van der Waals surface area contributed by atoms with Gasteiger partial charge in [-0.3, -0.25) is 4.21 Å². The molecule has 0 fully saturated rings. The van der Waals surface area contributed by atoms with Crippen LogP contribution >= 0.6 is 0 Å². The zero-order chi connectivity index (χ0) is 13.7. The number of unbranched alkanes of at least 4 members (excludes halogenated alkanes) is 1. The van der Waals surface area contributed by atoms with E-state index in [1.54, 1.807) is 0 Å². The van der Waals surface area contributed by atoms with Gasteiger partial charge < -0.3 is 5.73 Å². The van der Waals surface area contributed by atoms with Gasteiger partial charge in [-0.2, -0.15) is 0 Å². The molecule has 2 N–H and O–H groups in total. The molecule has 0 aliphatic carbocycles. The summed E-state index contributed by atoms with van der Waals surface area (Å²) >= 11 is 0. The third-order valence-electron chi connectivity index (χ3n) is 3.20. The van der Waals surface area contributed by atoms with Crippen LogP contribution in [0.25, 0.3) is 0 Å². The number of hydrogen-bond acceptors (Lipinski definition) is 2. The van der Waals surface area contributed by atoms with Gasteiger partial charge in [0.25, 0.3) is 0 Å². The van der Waals surface area contributed by atoms with Gasteiger partial charge in [0.15, 0.2) is 0 Å². The zero-order valence-electron chi connectivity index (χ0n) is 12.0. The average molecular weight is 267 g/mol. The van der Waals surface area contributed by atoms with Crippen molar-refractivity contribution in [3.05, 3.63) is 34.4 Å². The SMILES string of the molecule is CCCCS(=O)CC(N)c1c(C)cc(C)cc1C. The fourth-order valence-corrected chi connectivity index (χ4v) is 3.79. The van der Waals surface area contributed by atoms with E-state index in [1.165, 1.54) is 22.3 Å². The quantitative estimate of drug-likeness (QED) is 0.860. The van der Waals surface area contributed by atoms with Crippen molar-refractivity contribution in [2.75, 3.05) is 11.5 Å². The Balaban J connectivity index is 2.78. The summed E-state index contributed by atoms with van der Waals surface area (Å²) in [6.45, 7) is 8.38. The van der Waals surface area contributed by atoms with Crippen LogP contribution in [-0.2, 0) is 10.8 Å². The van der Waals surface area contributed by atoms with E-state index in [9.17, 15) is 4.21 Å². The maximum absolute atomic E-state index is 11.9. The molecule has 1 aromatic rings. The lowest BCUT2D eigenvalue weighted by Gasteiger charge is -2.18. The molecular weight excluding hydrogens is 242 g/mol. The van der Waals surface area contributed by atoms with Crippen molar-refractivity contribution in [3.8, 4) is 0 Å². The molecule has 0 spiro atoms. The number of rotatable bonds is 6. The second-order valence-electron chi connectivity index (χ2n) is 5.08. The summed E-state index contributed by atoms with van der Waals surface area (Å²) < 4.78 is 11.9. The minimum atomic E-state index is -0.797. The highest BCUT2D eigenvalue weighted by atomic mass is 32.2. The van der Waals surface area contributed by atoms with E-state index in [2.05, 4.69) is 39.8 Å². The monoisotopic (exact) mass is 267 g/mol. The van der Waals surface area contributed by atoms with E-state index in [4.69, 9.17) is 5.73 Å². The molecule has 0 heterocycles. The summed E-state index contributed by atoms with van der Waals surface area (Å²) in [5.74, 6) is 1.35. The maximum atomic E-state index is 11.9. The molecule has 2 atom stereocenters. The molecule has 0 bridgehead atoms. The van der Waals surface area contributed by atoms with Gasteiger partial charge in [-0.25, -0.2) is 0 Å². The summed E-state index contributed by atoms with van der Waals surface area (Å²) in [5, 5.41) is 0. The van der Waals surface area contributed by atoms with E-state index in [1.807, 2.05) is 0 Å². The standard InChI is InChI=1S/C15H25NOS/c1-5-6-7-18(17)10-14(16)15-12(3)8-11(2)9-13(15)4/h8-9,14H,5-7,10,16H2,1-4H3. The van der Waals surface area contributed by atoms with Crippen molar-refractivity contribution < 1.29 is 4.21 Å². The molecule has 0 aromatic heterocycles. The Bertz CT molecular complexity index is 405. The largest absolute Gasteiger partial charge is 0.323 e. The number of benzene rings is 1. The van der Waals surface area contributed by atoms with E-state index < -0.39 is 10.8 Å². The lowest BCUT2D eigenvalue weighted by molar-refractivity contribution is 0.671. The van der Waals surface area contributed by atoms with Gasteiger partial charge in [0, 0.05) is 28.3 Å². The molecule has 1 rings (SSSR count). The van der Waals surface area contributed by atoms with Crippen molar-refractivity contribution in [3.63, 3.8) is 0 Å². The van der Waals surface area contributed by atoms with Gasteiger partial charge in [-0.1, -0.05) is 31.0 Å². The lowest BCUT2D eigenvalue weighted by Crippen LogP contribution is -2.21. The van der Waals surface area contributed by atoms with E-state index in [-0.39, 0.29) is 6.04 Å². The minimum Gasteiger partial charge on any atom is -0.323 e. The molecule has 0 aliphatic rings. The van der Waals surface area contributed by atoms with Gasteiger partial charge in [-0.15, -0.1) is 0 Å². The molecule has 18 heavy (non-hydrogen) atoms. The van der Waals surface area contributed by atoms with Crippen LogP contribution in [0.5, 0.6) is 0 Å². The van der Waals surface area contributed by atoms with Crippen LogP contribution < -0.4 is 5.73 Å². The summed E-state index contributed by atoms with van der Waals surface area (Å²) in [5.41, 5.74) is 11.1. The second kappa shape index (κ2) is 7.05.